The second-order valence-electron chi connectivity index (χ2n) is 4.96. The first-order valence-corrected chi connectivity index (χ1v) is 7.06. The normalized spacial score (nSPS) is 24.4. The molecule has 0 bridgehead atoms. The molecule has 0 amide bonds. The first kappa shape index (κ1) is 14.4. The van der Waals surface area contributed by atoms with E-state index < -0.39 is 0 Å². The van der Waals surface area contributed by atoms with Crippen LogP contribution in [0.1, 0.15) is 19.4 Å². The maximum absolute atomic E-state index is 10.9. The number of rotatable bonds is 3. The number of hydrogen-bond acceptors (Lipinski definition) is 4. The molecule has 0 radical (unpaired) electrons. The summed E-state index contributed by atoms with van der Waals surface area (Å²) in [6, 6.07) is 5.16. The summed E-state index contributed by atoms with van der Waals surface area (Å²) in [6.45, 7) is 6.48. The van der Waals surface area contributed by atoms with Gasteiger partial charge in [-0.1, -0.05) is 12.1 Å². The Morgan fingerprint density at radius 2 is 2.05 bits per heavy atom. The minimum atomic E-state index is -0.363. The van der Waals surface area contributed by atoms with Gasteiger partial charge in [-0.3, -0.25) is 15.0 Å². The van der Waals surface area contributed by atoms with Crippen molar-refractivity contribution >= 4 is 21.6 Å². The van der Waals surface area contributed by atoms with E-state index in [0.29, 0.717) is 11.0 Å². The molecule has 1 aliphatic rings. The molecule has 2 atom stereocenters. The van der Waals surface area contributed by atoms with Gasteiger partial charge in [0.1, 0.15) is 0 Å². The van der Waals surface area contributed by atoms with Crippen LogP contribution in [0.15, 0.2) is 22.7 Å². The third-order valence-corrected chi connectivity index (χ3v) is 4.06. The second kappa shape index (κ2) is 5.98. The monoisotopic (exact) mass is 328 g/mol. The quantitative estimate of drug-likeness (QED) is 0.632. The van der Waals surface area contributed by atoms with Crippen molar-refractivity contribution in [1.29, 1.82) is 0 Å². The molecule has 0 saturated carbocycles. The number of halogens is 1. The Balaban J connectivity index is 2.15. The predicted molar refractivity (Wildman–Crippen MR) is 76.1 cm³/mol. The fraction of sp³-hybridized carbons (Fsp3) is 0.538. The predicted octanol–water partition coefficient (Wildman–Crippen LogP) is 2.97. The molecule has 0 spiro atoms. The first-order valence-electron chi connectivity index (χ1n) is 6.27. The molecule has 2 unspecified atom stereocenters. The molecule has 1 aliphatic heterocycles. The Labute approximate surface area is 120 Å². The number of nitrogens with zero attached hydrogens (tertiary/aromatic N) is 2. The zero-order valence-corrected chi connectivity index (χ0v) is 12.6. The number of ether oxygens (including phenoxy) is 1. The fourth-order valence-corrected chi connectivity index (χ4v) is 3.02. The van der Waals surface area contributed by atoms with Crippen molar-refractivity contribution in [2.45, 2.75) is 32.6 Å². The van der Waals surface area contributed by atoms with Gasteiger partial charge in [-0.25, -0.2) is 0 Å². The zero-order chi connectivity index (χ0) is 14.0. The lowest BCUT2D eigenvalue weighted by Gasteiger charge is -2.35. The van der Waals surface area contributed by atoms with Crippen molar-refractivity contribution in [3.63, 3.8) is 0 Å². The highest BCUT2D eigenvalue weighted by Crippen LogP contribution is 2.29. The molecule has 1 aromatic carbocycles. The van der Waals surface area contributed by atoms with Gasteiger partial charge < -0.3 is 4.74 Å². The molecule has 5 nitrogen and oxygen atoms in total. The fourth-order valence-electron chi connectivity index (χ4n) is 2.48. The average Bonchev–Trinajstić information content (AvgIpc) is 2.30. The van der Waals surface area contributed by atoms with Crippen molar-refractivity contribution < 1.29 is 9.66 Å². The summed E-state index contributed by atoms with van der Waals surface area (Å²) in [6.07, 6.45) is 0.391. The van der Waals surface area contributed by atoms with Crippen molar-refractivity contribution in [3.05, 3.63) is 38.3 Å². The number of hydrogen-bond donors (Lipinski definition) is 0. The van der Waals surface area contributed by atoms with Crippen LogP contribution in [0.3, 0.4) is 0 Å². The molecule has 0 N–H and O–H groups in total. The minimum Gasteiger partial charge on any atom is -0.373 e. The van der Waals surface area contributed by atoms with Crippen LogP contribution in [0, 0.1) is 10.1 Å². The smallest absolute Gasteiger partial charge is 0.283 e. The maximum atomic E-state index is 10.9. The van der Waals surface area contributed by atoms with Crippen LogP contribution < -0.4 is 0 Å². The summed E-state index contributed by atoms with van der Waals surface area (Å²) < 4.78 is 6.26. The molecular formula is C13H17BrN2O3. The van der Waals surface area contributed by atoms with Gasteiger partial charge in [0, 0.05) is 25.7 Å². The van der Waals surface area contributed by atoms with Crippen LogP contribution in [0.4, 0.5) is 5.69 Å². The van der Waals surface area contributed by atoms with Crippen LogP contribution in [0.25, 0.3) is 0 Å². The third-order valence-electron chi connectivity index (χ3n) is 3.14. The summed E-state index contributed by atoms with van der Waals surface area (Å²) >= 11 is 3.34. The molecule has 6 heteroatoms. The Morgan fingerprint density at radius 3 is 2.63 bits per heavy atom. The summed E-state index contributed by atoms with van der Waals surface area (Å²) in [5.41, 5.74) is 1.06. The van der Waals surface area contributed by atoms with E-state index in [2.05, 4.69) is 20.8 Å². The lowest BCUT2D eigenvalue weighted by Crippen LogP contribution is -2.44. The van der Waals surface area contributed by atoms with Crippen LogP contribution in [0.5, 0.6) is 0 Å². The van der Waals surface area contributed by atoms with Crippen molar-refractivity contribution in [2.24, 2.45) is 0 Å². The first-order chi connectivity index (χ1) is 8.97. The Kier molecular flexibility index (Phi) is 4.54. The van der Waals surface area contributed by atoms with Gasteiger partial charge in [-0.2, -0.15) is 0 Å². The van der Waals surface area contributed by atoms with E-state index in [9.17, 15) is 10.1 Å². The van der Waals surface area contributed by atoms with Gasteiger partial charge in [0.2, 0.25) is 0 Å². The Morgan fingerprint density at radius 1 is 1.42 bits per heavy atom. The standard InChI is InChI=1S/C13H17BrN2O3/c1-9-6-15(7-10(2)19-9)8-11-4-3-5-12(13(11)14)16(17)18/h3-5,9-10H,6-8H2,1-2H3. The summed E-state index contributed by atoms with van der Waals surface area (Å²) in [4.78, 5) is 12.8. The average molecular weight is 329 g/mol. The zero-order valence-electron chi connectivity index (χ0n) is 11.0. The molecule has 1 aromatic rings. The third kappa shape index (κ3) is 3.52. The summed E-state index contributed by atoms with van der Waals surface area (Å²) in [5, 5.41) is 10.9. The second-order valence-corrected chi connectivity index (χ2v) is 5.75. The molecule has 2 rings (SSSR count). The highest BCUT2D eigenvalue weighted by molar-refractivity contribution is 9.10. The van der Waals surface area contributed by atoms with E-state index in [1.54, 1.807) is 6.07 Å². The SMILES string of the molecule is CC1CN(Cc2cccc([N+](=O)[O-])c2Br)CC(C)O1. The maximum Gasteiger partial charge on any atom is 0.283 e. The summed E-state index contributed by atoms with van der Waals surface area (Å²) in [5.74, 6) is 0. The van der Waals surface area contributed by atoms with E-state index in [-0.39, 0.29) is 22.8 Å². The van der Waals surface area contributed by atoms with Gasteiger partial charge in [0.05, 0.1) is 21.6 Å². The van der Waals surface area contributed by atoms with Gasteiger partial charge in [0.25, 0.3) is 5.69 Å². The van der Waals surface area contributed by atoms with Crippen LogP contribution in [0.2, 0.25) is 0 Å². The van der Waals surface area contributed by atoms with E-state index in [1.165, 1.54) is 6.07 Å². The van der Waals surface area contributed by atoms with E-state index in [0.717, 1.165) is 18.7 Å². The Hall–Kier alpha value is -0.980. The largest absolute Gasteiger partial charge is 0.373 e. The van der Waals surface area contributed by atoms with Crippen LogP contribution in [-0.4, -0.2) is 35.1 Å². The molecule has 1 fully saturated rings. The number of nitro groups is 1. The summed E-state index contributed by atoms with van der Waals surface area (Å²) in [7, 11) is 0. The minimum absolute atomic E-state index is 0.117. The molecule has 104 valence electrons. The molecule has 0 aliphatic carbocycles. The number of benzene rings is 1. The van der Waals surface area contributed by atoms with Crippen molar-refractivity contribution in [1.82, 2.24) is 4.90 Å². The van der Waals surface area contributed by atoms with E-state index in [1.807, 2.05) is 19.9 Å². The highest BCUT2D eigenvalue weighted by Gasteiger charge is 2.24. The molecule has 1 heterocycles. The lowest BCUT2D eigenvalue weighted by atomic mass is 10.1. The molecule has 1 saturated heterocycles. The van der Waals surface area contributed by atoms with Crippen molar-refractivity contribution in [2.75, 3.05) is 13.1 Å². The van der Waals surface area contributed by atoms with Gasteiger partial charge in [-0.05, 0) is 35.3 Å². The number of nitro benzene ring substituents is 1. The molecule has 19 heavy (non-hydrogen) atoms. The lowest BCUT2D eigenvalue weighted by molar-refractivity contribution is -0.385. The van der Waals surface area contributed by atoms with Crippen LogP contribution >= 0.6 is 15.9 Å². The van der Waals surface area contributed by atoms with Gasteiger partial charge in [0.15, 0.2) is 0 Å². The number of morpholine rings is 1. The molecular weight excluding hydrogens is 312 g/mol. The highest BCUT2D eigenvalue weighted by atomic mass is 79.9. The van der Waals surface area contributed by atoms with E-state index >= 15 is 0 Å². The van der Waals surface area contributed by atoms with E-state index in [4.69, 9.17) is 4.74 Å². The van der Waals surface area contributed by atoms with Gasteiger partial charge >= 0.3 is 0 Å². The van der Waals surface area contributed by atoms with Crippen molar-refractivity contribution in [3.8, 4) is 0 Å². The Bertz CT molecular complexity index is 471. The van der Waals surface area contributed by atoms with Crippen LogP contribution in [-0.2, 0) is 11.3 Å². The topological polar surface area (TPSA) is 55.6 Å². The van der Waals surface area contributed by atoms with Gasteiger partial charge in [-0.15, -0.1) is 0 Å². The molecule has 0 aromatic heterocycles.